The molecule has 1 fully saturated rings. The molecule has 2 N–H and O–H groups in total. The van der Waals surface area contributed by atoms with Gasteiger partial charge in [-0.05, 0) is 31.0 Å². The van der Waals surface area contributed by atoms with Crippen molar-refractivity contribution in [3.63, 3.8) is 0 Å². The van der Waals surface area contributed by atoms with Gasteiger partial charge in [0.05, 0.1) is 5.56 Å². The third-order valence-corrected chi connectivity index (χ3v) is 3.22. The lowest BCUT2D eigenvalue weighted by Crippen LogP contribution is -2.32. The van der Waals surface area contributed by atoms with Crippen LogP contribution in [0.15, 0.2) is 18.2 Å². The van der Waals surface area contributed by atoms with Gasteiger partial charge in [-0.3, -0.25) is 4.79 Å². The Morgan fingerprint density at radius 1 is 1.42 bits per heavy atom. The van der Waals surface area contributed by atoms with Crippen LogP contribution < -0.4 is 5.32 Å². The topological polar surface area (TPSA) is 49.3 Å². The summed E-state index contributed by atoms with van der Waals surface area (Å²) < 4.78 is 13.7. The number of rotatable bonds is 2. The van der Waals surface area contributed by atoms with E-state index in [-0.39, 0.29) is 24.1 Å². The fourth-order valence-corrected chi connectivity index (χ4v) is 2.23. The highest BCUT2D eigenvalue weighted by Gasteiger charge is 2.18. The molecule has 0 aliphatic heterocycles. The Hall–Kier alpha value is -1.86. The molecule has 0 bridgehead atoms. The van der Waals surface area contributed by atoms with Crippen molar-refractivity contribution >= 4 is 5.91 Å². The van der Waals surface area contributed by atoms with Crippen molar-refractivity contribution < 1.29 is 14.3 Å². The molecule has 0 radical (unpaired) electrons. The average molecular weight is 261 g/mol. The quantitative estimate of drug-likeness (QED) is 0.798. The lowest BCUT2D eigenvalue weighted by atomic mass is 10.1. The standard InChI is InChI=1S/C15H16FNO2/c16-14-10-12(8-7-11(14)4-3-9-18)15(19)17-13-5-1-2-6-13/h7-8,10,13,18H,1-2,5-6,9H2,(H,17,19). The van der Waals surface area contributed by atoms with E-state index < -0.39 is 5.82 Å². The summed E-state index contributed by atoms with van der Waals surface area (Å²) in [5.74, 6) is 4.09. The smallest absolute Gasteiger partial charge is 0.251 e. The van der Waals surface area contributed by atoms with Crippen molar-refractivity contribution in [2.75, 3.05) is 6.61 Å². The predicted molar refractivity (Wildman–Crippen MR) is 70.1 cm³/mol. The predicted octanol–water partition coefficient (Wildman–Crippen LogP) is 1.84. The fourth-order valence-electron chi connectivity index (χ4n) is 2.23. The molecule has 1 aromatic rings. The summed E-state index contributed by atoms with van der Waals surface area (Å²) in [6.45, 7) is -0.316. The van der Waals surface area contributed by atoms with Crippen molar-refractivity contribution in [3.05, 3.63) is 35.1 Å². The van der Waals surface area contributed by atoms with Gasteiger partial charge in [-0.15, -0.1) is 0 Å². The highest BCUT2D eigenvalue weighted by molar-refractivity contribution is 5.94. The number of amides is 1. The first-order valence-corrected chi connectivity index (χ1v) is 6.41. The van der Waals surface area contributed by atoms with E-state index >= 15 is 0 Å². The minimum Gasteiger partial charge on any atom is -0.384 e. The Labute approximate surface area is 111 Å². The maximum Gasteiger partial charge on any atom is 0.251 e. The Morgan fingerprint density at radius 3 is 2.79 bits per heavy atom. The van der Waals surface area contributed by atoms with Gasteiger partial charge in [-0.1, -0.05) is 24.7 Å². The third-order valence-electron chi connectivity index (χ3n) is 3.22. The maximum absolute atomic E-state index is 13.7. The molecule has 3 nitrogen and oxygen atoms in total. The van der Waals surface area contributed by atoms with Gasteiger partial charge in [0, 0.05) is 11.6 Å². The molecular weight excluding hydrogens is 245 g/mol. The van der Waals surface area contributed by atoms with Gasteiger partial charge < -0.3 is 10.4 Å². The van der Waals surface area contributed by atoms with Crippen molar-refractivity contribution in [3.8, 4) is 11.8 Å². The van der Waals surface area contributed by atoms with Gasteiger partial charge in [0.15, 0.2) is 0 Å². The van der Waals surface area contributed by atoms with Crippen molar-refractivity contribution in [2.24, 2.45) is 0 Å². The first-order valence-electron chi connectivity index (χ1n) is 6.41. The molecule has 1 amide bonds. The molecule has 19 heavy (non-hydrogen) atoms. The number of hydrogen-bond donors (Lipinski definition) is 2. The molecule has 100 valence electrons. The van der Waals surface area contributed by atoms with E-state index in [1.54, 1.807) is 6.07 Å². The van der Waals surface area contributed by atoms with Crippen LogP contribution in [0, 0.1) is 17.7 Å². The highest BCUT2D eigenvalue weighted by atomic mass is 19.1. The number of benzene rings is 1. The van der Waals surface area contributed by atoms with Crippen molar-refractivity contribution in [1.29, 1.82) is 0 Å². The Morgan fingerprint density at radius 2 is 2.16 bits per heavy atom. The van der Waals surface area contributed by atoms with Crippen LogP contribution >= 0.6 is 0 Å². The van der Waals surface area contributed by atoms with Gasteiger partial charge >= 0.3 is 0 Å². The summed E-state index contributed by atoms with van der Waals surface area (Å²) in [6, 6.07) is 4.41. The summed E-state index contributed by atoms with van der Waals surface area (Å²) in [5.41, 5.74) is 0.491. The maximum atomic E-state index is 13.7. The largest absolute Gasteiger partial charge is 0.384 e. The zero-order valence-corrected chi connectivity index (χ0v) is 10.6. The molecule has 0 unspecified atom stereocenters. The minimum absolute atomic E-state index is 0.187. The molecule has 0 aromatic heterocycles. The number of nitrogens with one attached hydrogen (secondary N) is 1. The lowest BCUT2D eigenvalue weighted by molar-refractivity contribution is 0.0937. The molecule has 2 rings (SSSR count). The van der Waals surface area contributed by atoms with Crippen LogP contribution in [-0.2, 0) is 0 Å². The summed E-state index contributed by atoms with van der Waals surface area (Å²) >= 11 is 0. The Kier molecular flexibility index (Phi) is 4.53. The average Bonchev–Trinajstić information content (AvgIpc) is 2.90. The normalized spacial score (nSPS) is 14.8. The number of carbonyl (C=O) groups is 1. The first kappa shape index (κ1) is 13.6. The molecule has 1 saturated carbocycles. The van der Waals surface area contributed by atoms with E-state index in [0.29, 0.717) is 5.56 Å². The fraction of sp³-hybridized carbons (Fsp3) is 0.400. The van der Waals surface area contributed by atoms with Gasteiger partial charge in [-0.25, -0.2) is 4.39 Å². The van der Waals surface area contributed by atoms with Crippen LogP contribution in [0.4, 0.5) is 4.39 Å². The lowest BCUT2D eigenvalue weighted by Gasteiger charge is -2.11. The molecule has 1 aromatic carbocycles. The third kappa shape index (κ3) is 3.55. The number of carbonyl (C=O) groups excluding carboxylic acids is 1. The summed E-state index contributed by atoms with van der Waals surface area (Å²) in [7, 11) is 0. The van der Waals surface area contributed by atoms with Crippen LogP contribution in [0.25, 0.3) is 0 Å². The molecular formula is C15H16FNO2. The van der Waals surface area contributed by atoms with E-state index in [4.69, 9.17) is 5.11 Å². The zero-order chi connectivity index (χ0) is 13.7. The van der Waals surface area contributed by atoms with Crippen molar-refractivity contribution in [1.82, 2.24) is 5.32 Å². The number of halogens is 1. The monoisotopic (exact) mass is 261 g/mol. The number of aliphatic hydroxyl groups excluding tert-OH is 1. The SMILES string of the molecule is O=C(NC1CCCC1)c1ccc(C#CCO)c(F)c1. The van der Waals surface area contributed by atoms with Gasteiger partial charge in [-0.2, -0.15) is 0 Å². The van der Waals surface area contributed by atoms with Crippen LogP contribution in [0.1, 0.15) is 41.6 Å². The van der Waals surface area contributed by atoms with Crippen LogP contribution in [0.2, 0.25) is 0 Å². The number of hydrogen-bond acceptors (Lipinski definition) is 2. The number of aliphatic hydroxyl groups is 1. The molecule has 0 heterocycles. The highest BCUT2D eigenvalue weighted by Crippen LogP contribution is 2.18. The van der Waals surface area contributed by atoms with E-state index in [2.05, 4.69) is 17.2 Å². The summed E-state index contributed by atoms with van der Waals surface area (Å²) in [4.78, 5) is 11.9. The van der Waals surface area contributed by atoms with Crippen LogP contribution in [0.3, 0.4) is 0 Å². The Balaban J connectivity index is 2.08. The van der Waals surface area contributed by atoms with Crippen molar-refractivity contribution in [2.45, 2.75) is 31.7 Å². The van der Waals surface area contributed by atoms with Crippen LogP contribution in [-0.4, -0.2) is 23.7 Å². The molecule has 1 aliphatic carbocycles. The molecule has 0 spiro atoms. The summed E-state index contributed by atoms with van der Waals surface area (Å²) in [6.07, 6.45) is 4.26. The molecule has 0 atom stereocenters. The second-order valence-electron chi connectivity index (χ2n) is 4.61. The molecule has 1 aliphatic rings. The van der Waals surface area contributed by atoms with E-state index in [9.17, 15) is 9.18 Å². The van der Waals surface area contributed by atoms with E-state index in [0.717, 1.165) is 25.7 Å². The second kappa shape index (κ2) is 6.35. The Bertz CT molecular complexity index is 525. The first-order chi connectivity index (χ1) is 9.20. The van der Waals surface area contributed by atoms with Crippen LogP contribution in [0.5, 0.6) is 0 Å². The molecule has 0 saturated heterocycles. The zero-order valence-electron chi connectivity index (χ0n) is 10.6. The van der Waals surface area contributed by atoms with Gasteiger partial charge in [0.1, 0.15) is 12.4 Å². The van der Waals surface area contributed by atoms with E-state index in [1.807, 2.05) is 0 Å². The molecule has 4 heteroatoms. The minimum atomic E-state index is -0.542. The second-order valence-corrected chi connectivity index (χ2v) is 4.61. The van der Waals surface area contributed by atoms with Gasteiger partial charge in [0.2, 0.25) is 0 Å². The van der Waals surface area contributed by atoms with Gasteiger partial charge in [0.25, 0.3) is 5.91 Å². The van der Waals surface area contributed by atoms with E-state index in [1.165, 1.54) is 12.1 Å². The summed E-state index contributed by atoms with van der Waals surface area (Å²) in [5, 5.41) is 11.5.